The van der Waals surface area contributed by atoms with Gasteiger partial charge < -0.3 is 5.32 Å². The van der Waals surface area contributed by atoms with E-state index in [2.05, 4.69) is 22.1 Å². The van der Waals surface area contributed by atoms with Gasteiger partial charge >= 0.3 is 0 Å². The van der Waals surface area contributed by atoms with Crippen LogP contribution in [0.1, 0.15) is 5.56 Å². The monoisotopic (exact) mass is 398 g/mol. The first-order chi connectivity index (χ1) is 13.1. The molecule has 0 atom stereocenters. The summed E-state index contributed by atoms with van der Waals surface area (Å²) >= 11 is 7.30. The van der Waals surface area contributed by atoms with Crippen molar-refractivity contribution < 1.29 is 4.79 Å². The fourth-order valence-electron chi connectivity index (χ4n) is 2.47. The van der Waals surface area contributed by atoms with E-state index >= 15 is 0 Å². The quantitative estimate of drug-likeness (QED) is 0.457. The Balaban J connectivity index is 1.70. The number of carbonyl (C=O) groups excluding carboxylic acids is 1. The fourth-order valence-corrected chi connectivity index (χ4v) is 3.34. The van der Waals surface area contributed by atoms with Crippen molar-refractivity contribution in [3.8, 4) is 11.4 Å². The molecule has 0 radical (unpaired) electrons. The lowest BCUT2D eigenvalue weighted by atomic mass is 10.2. The van der Waals surface area contributed by atoms with Crippen LogP contribution in [0.5, 0.6) is 0 Å². The number of aromatic nitrogens is 3. The third-order valence-electron chi connectivity index (χ3n) is 3.80. The molecular weight excluding hydrogens is 380 g/mol. The molecule has 0 unspecified atom stereocenters. The second-order valence-corrected chi connectivity index (χ2v) is 7.29. The summed E-state index contributed by atoms with van der Waals surface area (Å²) < 4.78 is 1.93. The molecule has 3 rings (SSSR count). The Labute approximate surface area is 167 Å². The molecule has 1 N–H and O–H groups in total. The van der Waals surface area contributed by atoms with Crippen molar-refractivity contribution in [1.82, 2.24) is 14.8 Å². The Morgan fingerprint density at radius 2 is 1.89 bits per heavy atom. The number of nitrogens with one attached hydrogen (secondary N) is 1. The maximum absolute atomic E-state index is 12.2. The van der Waals surface area contributed by atoms with Crippen molar-refractivity contribution in [3.05, 3.63) is 71.8 Å². The Morgan fingerprint density at radius 1 is 1.19 bits per heavy atom. The Hall–Kier alpha value is -2.57. The van der Waals surface area contributed by atoms with Gasteiger partial charge in [-0.15, -0.1) is 16.8 Å². The lowest BCUT2D eigenvalue weighted by Crippen LogP contribution is -2.14. The van der Waals surface area contributed by atoms with Gasteiger partial charge in [0.1, 0.15) is 0 Å². The molecule has 0 aliphatic rings. The normalized spacial score (nSPS) is 10.6. The number of hydrogen-bond acceptors (Lipinski definition) is 4. The SMILES string of the molecule is C=CCn1c(SCC(=O)Nc2ccc(C)cc2)nnc1-c1ccc(Cl)cc1. The molecule has 0 saturated carbocycles. The van der Waals surface area contributed by atoms with E-state index in [-0.39, 0.29) is 11.7 Å². The van der Waals surface area contributed by atoms with Crippen LogP contribution in [0.25, 0.3) is 11.4 Å². The molecule has 1 heterocycles. The molecule has 5 nitrogen and oxygen atoms in total. The van der Waals surface area contributed by atoms with Crippen LogP contribution in [-0.2, 0) is 11.3 Å². The predicted molar refractivity (Wildman–Crippen MR) is 111 cm³/mol. The number of hydrogen-bond donors (Lipinski definition) is 1. The van der Waals surface area contributed by atoms with Gasteiger partial charge in [0.25, 0.3) is 0 Å². The van der Waals surface area contributed by atoms with Crippen molar-refractivity contribution >= 4 is 35.0 Å². The number of rotatable bonds is 7. The van der Waals surface area contributed by atoms with Crippen molar-refractivity contribution in [2.24, 2.45) is 0 Å². The summed E-state index contributed by atoms with van der Waals surface area (Å²) in [6, 6.07) is 15.1. The molecule has 1 amide bonds. The van der Waals surface area contributed by atoms with Crippen LogP contribution in [0, 0.1) is 6.92 Å². The van der Waals surface area contributed by atoms with E-state index in [4.69, 9.17) is 11.6 Å². The number of allylic oxidation sites excluding steroid dienone is 1. The van der Waals surface area contributed by atoms with Crippen LogP contribution in [0.15, 0.2) is 66.3 Å². The van der Waals surface area contributed by atoms with Crippen LogP contribution >= 0.6 is 23.4 Å². The molecule has 2 aromatic carbocycles. The first kappa shape index (κ1) is 19.2. The van der Waals surface area contributed by atoms with Crippen molar-refractivity contribution in [1.29, 1.82) is 0 Å². The lowest BCUT2D eigenvalue weighted by molar-refractivity contribution is -0.113. The van der Waals surface area contributed by atoms with Crippen LogP contribution in [0.4, 0.5) is 5.69 Å². The smallest absolute Gasteiger partial charge is 0.234 e. The van der Waals surface area contributed by atoms with E-state index in [1.807, 2.05) is 60.0 Å². The van der Waals surface area contributed by atoms with E-state index in [9.17, 15) is 4.79 Å². The summed E-state index contributed by atoms with van der Waals surface area (Å²) in [5.41, 5.74) is 2.83. The van der Waals surface area contributed by atoms with E-state index in [1.165, 1.54) is 11.8 Å². The van der Waals surface area contributed by atoms with Crippen molar-refractivity contribution in [3.63, 3.8) is 0 Å². The highest BCUT2D eigenvalue weighted by Gasteiger charge is 2.15. The first-order valence-corrected chi connectivity index (χ1v) is 9.72. The summed E-state index contributed by atoms with van der Waals surface area (Å²) in [6.07, 6.45) is 1.78. The number of thioether (sulfide) groups is 1. The topological polar surface area (TPSA) is 59.8 Å². The first-order valence-electron chi connectivity index (χ1n) is 8.36. The lowest BCUT2D eigenvalue weighted by Gasteiger charge is -2.08. The van der Waals surface area contributed by atoms with Crippen molar-refractivity contribution in [2.75, 3.05) is 11.1 Å². The third kappa shape index (κ3) is 4.99. The molecule has 138 valence electrons. The Morgan fingerprint density at radius 3 is 2.56 bits per heavy atom. The molecule has 0 spiro atoms. The van der Waals surface area contributed by atoms with Crippen LogP contribution in [0.2, 0.25) is 5.02 Å². The maximum Gasteiger partial charge on any atom is 0.234 e. The van der Waals surface area contributed by atoms with Gasteiger partial charge in [0.05, 0.1) is 5.75 Å². The number of aryl methyl sites for hydroxylation is 1. The standard InChI is InChI=1S/C20H19ClN4OS/c1-3-12-25-19(15-6-8-16(21)9-7-15)23-24-20(25)27-13-18(26)22-17-10-4-14(2)5-11-17/h3-11H,1,12-13H2,2H3,(H,22,26). The highest BCUT2D eigenvalue weighted by Crippen LogP contribution is 2.25. The van der Waals surface area contributed by atoms with E-state index in [1.54, 1.807) is 6.08 Å². The molecule has 0 aliphatic heterocycles. The van der Waals surface area contributed by atoms with Crippen LogP contribution in [-0.4, -0.2) is 26.4 Å². The number of anilines is 1. The van der Waals surface area contributed by atoms with Gasteiger partial charge in [0.2, 0.25) is 5.91 Å². The van der Waals surface area contributed by atoms with Gasteiger partial charge in [0, 0.05) is 22.8 Å². The van der Waals surface area contributed by atoms with Gasteiger partial charge in [-0.25, -0.2) is 0 Å². The summed E-state index contributed by atoms with van der Waals surface area (Å²) in [5.74, 6) is 0.863. The zero-order valence-electron chi connectivity index (χ0n) is 14.9. The molecular formula is C20H19ClN4OS. The van der Waals surface area contributed by atoms with Crippen LogP contribution < -0.4 is 5.32 Å². The minimum atomic E-state index is -0.0925. The maximum atomic E-state index is 12.2. The van der Waals surface area contributed by atoms with Crippen LogP contribution in [0.3, 0.4) is 0 Å². The van der Waals surface area contributed by atoms with E-state index in [0.29, 0.717) is 22.5 Å². The molecule has 0 bridgehead atoms. The average Bonchev–Trinajstić information content (AvgIpc) is 3.06. The van der Waals surface area contributed by atoms with Gasteiger partial charge in [-0.05, 0) is 43.3 Å². The summed E-state index contributed by atoms with van der Waals surface area (Å²) in [4.78, 5) is 12.2. The number of halogens is 1. The second kappa shape index (κ2) is 8.88. The number of amides is 1. The molecule has 1 aromatic heterocycles. The minimum Gasteiger partial charge on any atom is -0.325 e. The summed E-state index contributed by atoms with van der Waals surface area (Å²) in [7, 11) is 0. The summed E-state index contributed by atoms with van der Waals surface area (Å²) in [5, 5.41) is 12.7. The summed E-state index contributed by atoms with van der Waals surface area (Å²) in [6.45, 7) is 6.35. The molecule has 0 saturated heterocycles. The minimum absolute atomic E-state index is 0.0925. The van der Waals surface area contributed by atoms with E-state index in [0.717, 1.165) is 16.8 Å². The van der Waals surface area contributed by atoms with Gasteiger partial charge in [-0.1, -0.05) is 47.1 Å². The average molecular weight is 399 g/mol. The molecule has 27 heavy (non-hydrogen) atoms. The van der Waals surface area contributed by atoms with Crippen molar-refractivity contribution in [2.45, 2.75) is 18.6 Å². The number of nitrogens with zero attached hydrogens (tertiary/aromatic N) is 3. The second-order valence-electron chi connectivity index (χ2n) is 5.92. The Bertz CT molecular complexity index is 936. The van der Waals surface area contributed by atoms with Gasteiger partial charge in [0.15, 0.2) is 11.0 Å². The zero-order valence-corrected chi connectivity index (χ0v) is 16.4. The largest absolute Gasteiger partial charge is 0.325 e. The molecule has 0 aliphatic carbocycles. The number of carbonyl (C=O) groups is 1. The Kier molecular flexibility index (Phi) is 6.32. The third-order valence-corrected chi connectivity index (χ3v) is 5.02. The number of benzene rings is 2. The zero-order chi connectivity index (χ0) is 19.2. The highest BCUT2D eigenvalue weighted by atomic mass is 35.5. The van der Waals surface area contributed by atoms with Gasteiger partial charge in [-0.3, -0.25) is 9.36 Å². The molecule has 7 heteroatoms. The molecule has 3 aromatic rings. The highest BCUT2D eigenvalue weighted by molar-refractivity contribution is 7.99. The van der Waals surface area contributed by atoms with E-state index < -0.39 is 0 Å². The fraction of sp³-hybridized carbons (Fsp3) is 0.150. The molecule has 0 fully saturated rings. The van der Waals surface area contributed by atoms with Gasteiger partial charge in [-0.2, -0.15) is 0 Å². The predicted octanol–water partition coefficient (Wildman–Crippen LogP) is 4.82.